The number of nitrogens with zero attached hydrogens (tertiary/aromatic N) is 2. The Morgan fingerprint density at radius 2 is 2.10 bits per heavy atom. The van der Waals surface area contributed by atoms with Crippen LogP contribution >= 0.6 is 11.3 Å². The van der Waals surface area contributed by atoms with Crippen LogP contribution in [0, 0.1) is 0 Å². The summed E-state index contributed by atoms with van der Waals surface area (Å²) in [6.07, 6.45) is 5.25. The molecule has 0 radical (unpaired) electrons. The zero-order chi connectivity index (χ0) is 13.5. The molecule has 1 aromatic carbocycles. The van der Waals surface area contributed by atoms with Gasteiger partial charge < -0.3 is 5.73 Å². The van der Waals surface area contributed by atoms with E-state index in [-0.39, 0.29) is 0 Å². The molecule has 0 aliphatic heterocycles. The van der Waals surface area contributed by atoms with Crippen LogP contribution in [0.1, 0.15) is 34.9 Å². The van der Waals surface area contributed by atoms with Crippen molar-refractivity contribution in [2.75, 3.05) is 5.73 Å². The van der Waals surface area contributed by atoms with Crippen molar-refractivity contribution in [2.45, 2.75) is 25.2 Å². The predicted molar refractivity (Wildman–Crippen MR) is 83.1 cm³/mol. The highest BCUT2D eigenvalue weighted by molar-refractivity contribution is 7.15. The van der Waals surface area contributed by atoms with E-state index in [0.29, 0.717) is 11.0 Å². The van der Waals surface area contributed by atoms with E-state index in [2.05, 4.69) is 34.2 Å². The van der Waals surface area contributed by atoms with Gasteiger partial charge in [0, 0.05) is 22.4 Å². The number of benzene rings is 1. The molecule has 4 rings (SSSR count). The van der Waals surface area contributed by atoms with Crippen LogP contribution in [0.4, 0.5) is 5.13 Å². The van der Waals surface area contributed by atoms with Gasteiger partial charge in [-0.3, -0.25) is 4.98 Å². The largest absolute Gasteiger partial charge is 0.375 e. The maximum absolute atomic E-state index is 5.90. The molecule has 2 aromatic heterocycles. The predicted octanol–water partition coefficient (Wildman–Crippen LogP) is 3.74. The lowest BCUT2D eigenvalue weighted by Crippen LogP contribution is -2.09. The van der Waals surface area contributed by atoms with Gasteiger partial charge in [0.1, 0.15) is 0 Å². The van der Waals surface area contributed by atoms with Crippen LogP contribution in [0.3, 0.4) is 0 Å². The molecule has 1 unspecified atom stereocenters. The minimum Gasteiger partial charge on any atom is -0.375 e. The fourth-order valence-corrected chi connectivity index (χ4v) is 4.18. The average Bonchev–Trinajstić information content (AvgIpc) is 2.87. The molecule has 0 saturated heterocycles. The Labute approximate surface area is 121 Å². The van der Waals surface area contributed by atoms with E-state index < -0.39 is 0 Å². The summed E-state index contributed by atoms with van der Waals surface area (Å²) in [6, 6.07) is 10.6. The van der Waals surface area contributed by atoms with Crippen molar-refractivity contribution in [3.8, 4) is 0 Å². The van der Waals surface area contributed by atoms with Gasteiger partial charge in [-0.1, -0.05) is 24.3 Å². The third-order valence-electron chi connectivity index (χ3n) is 4.01. The van der Waals surface area contributed by atoms with Crippen molar-refractivity contribution in [1.29, 1.82) is 0 Å². The fourth-order valence-electron chi connectivity index (χ4n) is 3.14. The van der Waals surface area contributed by atoms with Crippen LogP contribution in [-0.2, 0) is 6.42 Å². The van der Waals surface area contributed by atoms with Gasteiger partial charge in [-0.15, -0.1) is 11.3 Å². The molecule has 0 saturated carbocycles. The van der Waals surface area contributed by atoms with Crippen molar-refractivity contribution in [1.82, 2.24) is 9.97 Å². The van der Waals surface area contributed by atoms with E-state index in [1.54, 1.807) is 11.3 Å². The summed E-state index contributed by atoms with van der Waals surface area (Å²) in [5.41, 5.74) is 9.52. The van der Waals surface area contributed by atoms with Gasteiger partial charge in [0.25, 0.3) is 0 Å². The number of thiazole rings is 1. The Balaban J connectivity index is 1.92. The van der Waals surface area contributed by atoms with E-state index in [1.807, 2.05) is 12.3 Å². The third kappa shape index (κ3) is 1.79. The highest BCUT2D eigenvalue weighted by Crippen LogP contribution is 2.42. The van der Waals surface area contributed by atoms with Crippen LogP contribution in [0.2, 0.25) is 0 Å². The van der Waals surface area contributed by atoms with Crippen molar-refractivity contribution in [2.24, 2.45) is 0 Å². The lowest BCUT2D eigenvalue weighted by molar-refractivity contribution is 0.619. The fraction of sp³-hybridized carbons (Fsp3) is 0.250. The lowest BCUT2D eigenvalue weighted by Gasteiger charge is -2.22. The van der Waals surface area contributed by atoms with Crippen LogP contribution in [0.25, 0.3) is 10.9 Å². The molecular formula is C16H15N3S. The summed E-state index contributed by atoms with van der Waals surface area (Å²) in [7, 11) is 0. The van der Waals surface area contributed by atoms with Gasteiger partial charge in [0.05, 0.1) is 11.2 Å². The molecule has 0 bridgehead atoms. The smallest absolute Gasteiger partial charge is 0.180 e. The van der Waals surface area contributed by atoms with E-state index in [1.165, 1.54) is 27.9 Å². The van der Waals surface area contributed by atoms with Crippen molar-refractivity contribution in [3.05, 3.63) is 52.7 Å². The summed E-state index contributed by atoms with van der Waals surface area (Å²) in [5.74, 6) is 0.396. The summed E-state index contributed by atoms with van der Waals surface area (Å²) in [4.78, 5) is 10.4. The average molecular weight is 281 g/mol. The summed E-state index contributed by atoms with van der Waals surface area (Å²) >= 11 is 1.64. The number of para-hydroxylation sites is 1. The molecule has 3 aromatic rings. The molecule has 4 heteroatoms. The Hall–Kier alpha value is -1.94. The van der Waals surface area contributed by atoms with E-state index in [4.69, 9.17) is 5.73 Å². The summed E-state index contributed by atoms with van der Waals surface area (Å²) in [6.45, 7) is 0. The SMILES string of the molecule is Nc1nc2c(s1)C(c1cccc3cccnc13)CCC2. The first-order valence-corrected chi connectivity index (χ1v) is 7.73. The minimum atomic E-state index is 0.396. The number of nitrogen functional groups attached to an aromatic ring is 1. The Morgan fingerprint density at radius 1 is 1.20 bits per heavy atom. The molecule has 1 aliphatic carbocycles. The number of anilines is 1. The Morgan fingerprint density at radius 3 is 3.05 bits per heavy atom. The first kappa shape index (κ1) is 11.9. The van der Waals surface area contributed by atoms with Gasteiger partial charge in [-0.25, -0.2) is 4.98 Å². The molecule has 3 nitrogen and oxygen atoms in total. The molecule has 2 heterocycles. The standard InChI is InChI=1S/C16H15N3S/c17-16-19-13-8-2-7-12(15(13)20-16)11-6-1-4-10-5-3-9-18-14(10)11/h1,3-6,9,12H,2,7-8H2,(H2,17,19). The van der Waals surface area contributed by atoms with Crippen molar-refractivity contribution < 1.29 is 0 Å². The number of fused-ring (bicyclic) bond motifs is 2. The second-order valence-corrected chi connectivity index (χ2v) is 6.29. The third-order valence-corrected chi connectivity index (χ3v) is 5.05. The maximum atomic E-state index is 5.90. The number of aromatic nitrogens is 2. The first-order chi connectivity index (χ1) is 9.83. The van der Waals surface area contributed by atoms with Gasteiger partial charge in [0.2, 0.25) is 0 Å². The number of pyridine rings is 1. The molecule has 20 heavy (non-hydrogen) atoms. The number of hydrogen-bond acceptors (Lipinski definition) is 4. The number of aryl methyl sites for hydroxylation is 1. The lowest BCUT2D eigenvalue weighted by atomic mass is 9.85. The minimum absolute atomic E-state index is 0.396. The zero-order valence-corrected chi connectivity index (χ0v) is 11.9. The normalized spacial score (nSPS) is 18.1. The molecule has 1 aliphatic rings. The van der Waals surface area contributed by atoms with Crippen molar-refractivity contribution in [3.63, 3.8) is 0 Å². The molecule has 2 N–H and O–H groups in total. The van der Waals surface area contributed by atoms with Crippen LogP contribution in [0.15, 0.2) is 36.5 Å². The van der Waals surface area contributed by atoms with Gasteiger partial charge >= 0.3 is 0 Å². The van der Waals surface area contributed by atoms with Crippen LogP contribution in [0.5, 0.6) is 0 Å². The molecule has 100 valence electrons. The topological polar surface area (TPSA) is 51.8 Å². The first-order valence-electron chi connectivity index (χ1n) is 6.91. The monoisotopic (exact) mass is 281 g/mol. The molecular weight excluding hydrogens is 266 g/mol. The van der Waals surface area contributed by atoms with Gasteiger partial charge in [-0.2, -0.15) is 0 Å². The molecule has 0 fully saturated rings. The van der Waals surface area contributed by atoms with E-state index in [0.717, 1.165) is 18.4 Å². The zero-order valence-electron chi connectivity index (χ0n) is 11.0. The highest BCUT2D eigenvalue weighted by atomic mass is 32.1. The van der Waals surface area contributed by atoms with E-state index >= 15 is 0 Å². The van der Waals surface area contributed by atoms with Gasteiger partial charge in [-0.05, 0) is 30.9 Å². The summed E-state index contributed by atoms with van der Waals surface area (Å²) < 4.78 is 0. The second-order valence-electron chi connectivity index (χ2n) is 5.23. The summed E-state index contributed by atoms with van der Waals surface area (Å²) in [5, 5.41) is 1.89. The Bertz CT molecular complexity index is 773. The maximum Gasteiger partial charge on any atom is 0.180 e. The quantitative estimate of drug-likeness (QED) is 0.739. The van der Waals surface area contributed by atoms with Gasteiger partial charge in [0.15, 0.2) is 5.13 Å². The number of nitrogens with two attached hydrogens (primary N) is 1. The van der Waals surface area contributed by atoms with E-state index in [9.17, 15) is 0 Å². The second kappa shape index (κ2) is 4.56. The van der Waals surface area contributed by atoms with Crippen LogP contribution < -0.4 is 5.73 Å². The number of hydrogen-bond donors (Lipinski definition) is 1. The molecule has 0 spiro atoms. The number of rotatable bonds is 1. The highest BCUT2D eigenvalue weighted by Gasteiger charge is 2.26. The molecule has 0 amide bonds. The molecule has 1 atom stereocenters. The van der Waals surface area contributed by atoms with Crippen molar-refractivity contribution >= 4 is 27.4 Å². The Kier molecular flexibility index (Phi) is 2.70. The van der Waals surface area contributed by atoms with Crippen LogP contribution in [-0.4, -0.2) is 9.97 Å².